The van der Waals surface area contributed by atoms with Crippen molar-refractivity contribution in [2.24, 2.45) is 0 Å². The van der Waals surface area contributed by atoms with Crippen LogP contribution in [0.1, 0.15) is 10.6 Å². The summed E-state index contributed by atoms with van der Waals surface area (Å²) < 4.78 is 0.735. The summed E-state index contributed by atoms with van der Waals surface area (Å²) in [5.74, 6) is 0.105. The number of aryl methyl sites for hydroxylation is 1. The van der Waals surface area contributed by atoms with Crippen LogP contribution < -0.4 is 0 Å². The predicted octanol–water partition coefficient (Wildman–Crippen LogP) is 1.74. The van der Waals surface area contributed by atoms with Gasteiger partial charge < -0.3 is 9.88 Å². The van der Waals surface area contributed by atoms with E-state index in [9.17, 15) is 4.79 Å². The van der Waals surface area contributed by atoms with E-state index in [-0.39, 0.29) is 5.91 Å². The van der Waals surface area contributed by atoms with E-state index in [1.165, 1.54) is 11.3 Å². The quantitative estimate of drug-likeness (QED) is 0.764. The lowest BCUT2D eigenvalue weighted by Crippen LogP contribution is -2.23. The molecule has 0 radical (unpaired) electrons. The first-order chi connectivity index (χ1) is 6.00. The Morgan fingerprint density at radius 2 is 2.23 bits per heavy atom. The second-order valence-electron chi connectivity index (χ2n) is 3.03. The van der Waals surface area contributed by atoms with Gasteiger partial charge in [-0.05, 0) is 19.1 Å². The molecular formula is C8H12N2OS2. The van der Waals surface area contributed by atoms with Gasteiger partial charge in [0.25, 0.3) is 0 Å². The van der Waals surface area contributed by atoms with E-state index in [4.69, 9.17) is 12.2 Å². The molecule has 0 aromatic carbocycles. The largest absolute Gasteiger partial charge is 0.349 e. The summed E-state index contributed by atoms with van der Waals surface area (Å²) in [7, 11) is 3.51. The number of thiazole rings is 1. The first-order valence-electron chi connectivity index (χ1n) is 3.89. The van der Waals surface area contributed by atoms with E-state index in [0.29, 0.717) is 6.42 Å². The molecule has 0 spiro atoms. The first kappa shape index (κ1) is 10.4. The summed E-state index contributed by atoms with van der Waals surface area (Å²) in [6.45, 7) is 1.94. The van der Waals surface area contributed by atoms with Gasteiger partial charge in [0, 0.05) is 24.7 Å². The molecule has 1 aromatic rings. The summed E-state index contributed by atoms with van der Waals surface area (Å²) in [6.07, 6.45) is 0.441. The normalized spacial score (nSPS) is 10.1. The second-order valence-corrected chi connectivity index (χ2v) is 4.80. The zero-order chi connectivity index (χ0) is 10.0. The maximum atomic E-state index is 11.4. The molecule has 0 aliphatic heterocycles. The summed E-state index contributed by atoms with van der Waals surface area (Å²) in [5.41, 5.74) is 1.00. The molecule has 1 N–H and O–H groups in total. The molecule has 72 valence electrons. The van der Waals surface area contributed by atoms with Gasteiger partial charge in [-0.1, -0.05) is 0 Å². The zero-order valence-corrected chi connectivity index (χ0v) is 9.51. The van der Waals surface area contributed by atoms with E-state index < -0.39 is 0 Å². The van der Waals surface area contributed by atoms with Crippen molar-refractivity contribution in [3.05, 3.63) is 14.5 Å². The minimum absolute atomic E-state index is 0.105. The van der Waals surface area contributed by atoms with Crippen molar-refractivity contribution in [2.45, 2.75) is 13.3 Å². The number of hydrogen-bond acceptors (Lipinski definition) is 3. The van der Waals surface area contributed by atoms with Crippen molar-refractivity contribution in [3.63, 3.8) is 0 Å². The van der Waals surface area contributed by atoms with Crippen LogP contribution in [0.25, 0.3) is 0 Å². The molecule has 0 aliphatic carbocycles. The van der Waals surface area contributed by atoms with E-state index in [1.54, 1.807) is 19.0 Å². The van der Waals surface area contributed by atoms with Crippen molar-refractivity contribution in [3.8, 4) is 0 Å². The number of carbonyl (C=O) groups is 1. The fourth-order valence-electron chi connectivity index (χ4n) is 0.901. The molecule has 0 bridgehead atoms. The topological polar surface area (TPSA) is 36.1 Å². The number of rotatable bonds is 2. The van der Waals surface area contributed by atoms with Crippen LogP contribution in [0.3, 0.4) is 0 Å². The number of aromatic nitrogens is 1. The van der Waals surface area contributed by atoms with E-state index in [0.717, 1.165) is 14.5 Å². The van der Waals surface area contributed by atoms with Crippen LogP contribution in [-0.4, -0.2) is 29.9 Å². The van der Waals surface area contributed by atoms with E-state index in [1.807, 2.05) is 6.92 Å². The van der Waals surface area contributed by atoms with Gasteiger partial charge in [-0.2, -0.15) is 0 Å². The number of nitrogens with one attached hydrogen (secondary N) is 1. The molecule has 1 heterocycles. The van der Waals surface area contributed by atoms with Crippen LogP contribution in [0.15, 0.2) is 0 Å². The lowest BCUT2D eigenvalue weighted by Gasteiger charge is -2.08. The molecule has 13 heavy (non-hydrogen) atoms. The molecule has 1 amide bonds. The third kappa shape index (κ3) is 2.63. The van der Waals surface area contributed by atoms with Gasteiger partial charge in [-0.25, -0.2) is 0 Å². The minimum atomic E-state index is 0.105. The molecule has 0 fully saturated rings. The number of aromatic amines is 1. The minimum Gasteiger partial charge on any atom is -0.349 e. The van der Waals surface area contributed by atoms with Crippen LogP contribution in [-0.2, 0) is 11.2 Å². The Hall–Kier alpha value is -0.680. The molecular weight excluding hydrogens is 204 g/mol. The van der Waals surface area contributed by atoms with Crippen molar-refractivity contribution in [2.75, 3.05) is 14.1 Å². The number of hydrogen-bond donors (Lipinski definition) is 1. The van der Waals surface area contributed by atoms with Gasteiger partial charge in [0.1, 0.15) is 0 Å². The SMILES string of the molecule is Cc1[nH]c(=S)sc1CC(=O)N(C)C. The molecule has 3 nitrogen and oxygen atoms in total. The average molecular weight is 216 g/mol. The van der Waals surface area contributed by atoms with Crippen LogP contribution in [0.2, 0.25) is 0 Å². The number of nitrogens with zero attached hydrogens (tertiary/aromatic N) is 1. The summed E-state index contributed by atoms with van der Waals surface area (Å²) in [5, 5.41) is 0. The predicted molar refractivity (Wildman–Crippen MR) is 56.6 cm³/mol. The molecule has 0 aliphatic rings. The Labute approximate surface area is 86.4 Å². The summed E-state index contributed by atoms with van der Waals surface area (Å²) >= 11 is 6.45. The van der Waals surface area contributed by atoms with Crippen molar-refractivity contribution >= 4 is 29.5 Å². The van der Waals surface area contributed by atoms with Crippen LogP contribution in [0, 0.1) is 10.9 Å². The Morgan fingerprint density at radius 3 is 2.62 bits per heavy atom. The second kappa shape index (κ2) is 4.02. The molecule has 1 aromatic heterocycles. The molecule has 1 rings (SSSR count). The third-order valence-corrected chi connectivity index (χ3v) is 3.07. The van der Waals surface area contributed by atoms with Gasteiger partial charge >= 0.3 is 0 Å². The first-order valence-corrected chi connectivity index (χ1v) is 5.12. The number of carbonyl (C=O) groups excluding carboxylic acids is 1. The van der Waals surface area contributed by atoms with Gasteiger partial charge in [0.15, 0.2) is 3.95 Å². The Morgan fingerprint density at radius 1 is 1.62 bits per heavy atom. The number of amides is 1. The van der Waals surface area contributed by atoms with Crippen molar-refractivity contribution in [1.29, 1.82) is 0 Å². The van der Waals surface area contributed by atoms with Crippen LogP contribution in [0.5, 0.6) is 0 Å². The Balaban J connectivity index is 2.80. The van der Waals surface area contributed by atoms with Crippen molar-refractivity contribution in [1.82, 2.24) is 9.88 Å². The van der Waals surface area contributed by atoms with Crippen molar-refractivity contribution < 1.29 is 4.79 Å². The van der Waals surface area contributed by atoms with Gasteiger partial charge in [0.05, 0.1) is 6.42 Å². The lowest BCUT2D eigenvalue weighted by molar-refractivity contribution is -0.127. The van der Waals surface area contributed by atoms with Gasteiger partial charge in [-0.15, -0.1) is 11.3 Å². The van der Waals surface area contributed by atoms with E-state index in [2.05, 4.69) is 4.98 Å². The third-order valence-electron chi connectivity index (χ3n) is 1.73. The monoisotopic (exact) mass is 216 g/mol. The molecule has 5 heteroatoms. The Bertz CT molecular complexity index is 364. The number of likely N-dealkylation sites (N-methyl/N-ethyl adjacent to an activating group) is 1. The zero-order valence-electron chi connectivity index (χ0n) is 7.88. The maximum absolute atomic E-state index is 11.4. The highest BCUT2D eigenvalue weighted by Gasteiger charge is 2.09. The van der Waals surface area contributed by atoms with Crippen LogP contribution >= 0.6 is 23.6 Å². The Kier molecular flexibility index (Phi) is 3.22. The fraction of sp³-hybridized carbons (Fsp3) is 0.500. The molecule has 0 saturated heterocycles. The van der Waals surface area contributed by atoms with Crippen LogP contribution in [0.4, 0.5) is 0 Å². The smallest absolute Gasteiger partial charge is 0.227 e. The number of H-pyrrole nitrogens is 1. The maximum Gasteiger partial charge on any atom is 0.227 e. The standard InChI is InChI=1S/C8H12N2OS2/c1-5-6(13-8(12)9-5)4-7(11)10(2)3/h4H2,1-3H3,(H,9,12). The molecule has 0 atom stereocenters. The highest BCUT2D eigenvalue weighted by atomic mass is 32.1. The average Bonchev–Trinajstić information content (AvgIpc) is 2.30. The lowest BCUT2D eigenvalue weighted by atomic mass is 10.3. The summed E-state index contributed by atoms with van der Waals surface area (Å²) in [4.78, 5) is 17.0. The summed E-state index contributed by atoms with van der Waals surface area (Å²) in [6, 6.07) is 0. The van der Waals surface area contributed by atoms with Gasteiger partial charge in [0.2, 0.25) is 5.91 Å². The molecule has 0 unspecified atom stereocenters. The van der Waals surface area contributed by atoms with Gasteiger partial charge in [-0.3, -0.25) is 4.79 Å². The van der Waals surface area contributed by atoms with E-state index >= 15 is 0 Å². The highest BCUT2D eigenvalue weighted by Crippen LogP contribution is 2.15. The highest BCUT2D eigenvalue weighted by molar-refractivity contribution is 7.73. The molecule has 0 saturated carbocycles. The fourth-order valence-corrected chi connectivity index (χ4v) is 2.18.